The maximum Gasteiger partial charge on any atom is 0.372 e. The van der Waals surface area contributed by atoms with Gasteiger partial charge in [-0.25, -0.2) is 4.98 Å². The van der Waals surface area contributed by atoms with Crippen LogP contribution < -0.4 is 10.1 Å². The molecule has 7 nitrogen and oxygen atoms in total. The second-order valence-electron chi connectivity index (χ2n) is 4.65. The van der Waals surface area contributed by atoms with Crippen molar-refractivity contribution in [2.45, 2.75) is 34.1 Å². The molecule has 0 aliphatic rings. The lowest BCUT2D eigenvalue weighted by Gasteiger charge is -2.11. The molecule has 106 valence electrons. The third kappa shape index (κ3) is 4.35. The van der Waals surface area contributed by atoms with Gasteiger partial charge in [0.05, 0.1) is 11.5 Å². The van der Waals surface area contributed by atoms with E-state index in [1.807, 2.05) is 20.8 Å². The molecule has 1 N–H and O–H groups in total. The van der Waals surface area contributed by atoms with Gasteiger partial charge in [-0.15, -0.1) is 0 Å². The van der Waals surface area contributed by atoms with E-state index in [1.165, 1.54) is 0 Å². The number of ether oxygens (including phenoxy) is 1. The van der Waals surface area contributed by atoms with E-state index in [4.69, 9.17) is 4.74 Å². The van der Waals surface area contributed by atoms with Crippen molar-refractivity contribution in [1.29, 1.82) is 0 Å². The van der Waals surface area contributed by atoms with Crippen molar-refractivity contribution in [3.05, 3.63) is 15.9 Å². The number of anilines is 1. The molecular formula is C12H20N4O3. The first kappa shape index (κ1) is 15.1. The highest BCUT2D eigenvalue weighted by molar-refractivity contribution is 5.61. The molecule has 0 bridgehead atoms. The summed E-state index contributed by atoms with van der Waals surface area (Å²) in [6.07, 6.45) is 0.759. The van der Waals surface area contributed by atoms with Gasteiger partial charge >= 0.3 is 5.69 Å². The standard InChI is InChI=1S/C12H20N4O3/c1-5-6-19-12-10(16(17)18)11(13-7-8(2)3)14-9(4)15-12/h8H,5-7H2,1-4H3,(H,13,14,15). The van der Waals surface area contributed by atoms with Crippen LogP contribution in [-0.4, -0.2) is 28.0 Å². The lowest BCUT2D eigenvalue weighted by molar-refractivity contribution is -0.385. The number of nitrogens with one attached hydrogen (secondary N) is 1. The number of hydrogen-bond donors (Lipinski definition) is 1. The van der Waals surface area contributed by atoms with Gasteiger partial charge in [0.15, 0.2) is 0 Å². The molecule has 0 unspecified atom stereocenters. The molecule has 19 heavy (non-hydrogen) atoms. The van der Waals surface area contributed by atoms with Gasteiger partial charge in [0.25, 0.3) is 5.88 Å². The highest BCUT2D eigenvalue weighted by atomic mass is 16.6. The Labute approximate surface area is 112 Å². The lowest BCUT2D eigenvalue weighted by atomic mass is 10.2. The zero-order valence-corrected chi connectivity index (χ0v) is 11.8. The number of nitrogens with zero attached hydrogens (tertiary/aromatic N) is 3. The van der Waals surface area contributed by atoms with Crippen LogP contribution in [0.25, 0.3) is 0 Å². The molecule has 0 amide bonds. The van der Waals surface area contributed by atoms with Gasteiger partial charge in [-0.2, -0.15) is 4.98 Å². The monoisotopic (exact) mass is 268 g/mol. The van der Waals surface area contributed by atoms with Gasteiger partial charge in [-0.05, 0) is 19.3 Å². The molecule has 0 aliphatic carbocycles. The second-order valence-corrected chi connectivity index (χ2v) is 4.65. The minimum atomic E-state index is -0.507. The summed E-state index contributed by atoms with van der Waals surface area (Å²) < 4.78 is 5.34. The van der Waals surface area contributed by atoms with Gasteiger partial charge in [0.1, 0.15) is 5.82 Å². The Morgan fingerprint density at radius 1 is 1.42 bits per heavy atom. The third-order valence-corrected chi connectivity index (χ3v) is 2.27. The van der Waals surface area contributed by atoms with Crippen LogP contribution in [0.5, 0.6) is 5.88 Å². The molecule has 1 heterocycles. The Kier molecular flexibility index (Phi) is 5.47. The molecule has 1 aromatic rings. The van der Waals surface area contributed by atoms with Crippen LogP contribution in [0.2, 0.25) is 0 Å². The van der Waals surface area contributed by atoms with Crippen molar-refractivity contribution in [2.24, 2.45) is 5.92 Å². The lowest BCUT2D eigenvalue weighted by Crippen LogP contribution is -2.13. The molecule has 0 fully saturated rings. The van der Waals surface area contributed by atoms with Crippen LogP contribution in [0.4, 0.5) is 11.5 Å². The van der Waals surface area contributed by atoms with E-state index in [-0.39, 0.29) is 17.4 Å². The van der Waals surface area contributed by atoms with Crippen LogP contribution in [0.1, 0.15) is 33.0 Å². The molecule has 0 atom stereocenters. The van der Waals surface area contributed by atoms with E-state index in [2.05, 4.69) is 15.3 Å². The Morgan fingerprint density at radius 2 is 2.11 bits per heavy atom. The quantitative estimate of drug-likeness (QED) is 0.603. The summed E-state index contributed by atoms with van der Waals surface area (Å²) >= 11 is 0. The summed E-state index contributed by atoms with van der Waals surface area (Å²) in [5.74, 6) is 1.06. The van der Waals surface area contributed by atoms with Crippen molar-refractivity contribution < 1.29 is 9.66 Å². The Morgan fingerprint density at radius 3 is 2.63 bits per heavy atom. The first-order chi connectivity index (χ1) is 8.95. The third-order valence-electron chi connectivity index (χ3n) is 2.27. The minimum Gasteiger partial charge on any atom is -0.473 e. The van der Waals surface area contributed by atoms with E-state index < -0.39 is 4.92 Å². The van der Waals surface area contributed by atoms with Gasteiger partial charge in [0.2, 0.25) is 5.82 Å². The smallest absolute Gasteiger partial charge is 0.372 e. The fourth-order valence-corrected chi connectivity index (χ4v) is 1.43. The number of hydrogen-bond acceptors (Lipinski definition) is 6. The van der Waals surface area contributed by atoms with Crippen LogP contribution in [-0.2, 0) is 0 Å². The van der Waals surface area contributed by atoms with Crippen LogP contribution in [0.3, 0.4) is 0 Å². The molecule has 0 saturated heterocycles. The average Bonchev–Trinajstić information content (AvgIpc) is 2.32. The van der Waals surface area contributed by atoms with Crippen molar-refractivity contribution in [3.8, 4) is 5.88 Å². The van der Waals surface area contributed by atoms with Gasteiger partial charge < -0.3 is 10.1 Å². The number of rotatable bonds is 7. The second kappa shape index (κ2) is 6.86. The predicted octanol–water partition coefficient (Wildman–Crippen LogP) is 2.55. The van der Waals surface area contributed by atoms with Crippen molar-refractivity contribution in [3.63, 3.8) is 0 Å². The number of aromatic nitrogens is 2. The molecule has 0 aromatic carbocycles. The normalized spacial score (nSPS) is 10.6. The van der Waals surface area contributed by atoms with E-state index in [1.54, 1.807) is 6.92 Å². The van der Waals surface area contributed by atoms with Crippen molar-refractivity contribution >= 4 is 11.5 Å². The molecule has 1 rings (SSSR count). The molecule has 0 radical (unpaired) electrons. The summed E-state index contributed by atoms with van der Waals surface area (Å²) in [7, 11) is 0. The van der Waals surface area contributed by atoms with E-state index >= 15 is 0 Å². The molecule has 7 heteroatoms. The SMILES string of the molecule is CCCOc1nc(C)nc(NCC(C)C)c1[N+](=O)[O-]. The van der Waals surface area contributed by atoms with Crippen molar-refractivity contribution in [2.75, 3.05) is 18.5 Å². The minimum absolute atomic E-state index is 0.0330. The average molecular weight is 268 g/mol. The summed E-state index contributed by atoms with van der Waals surface area (Å²) in [5.41, 5.74) is -0.195. The zero-order chi connectivity index (χ0) is 14.4. The Hall–Kier alpha value is -1.92. The van der Waals surface area contributed by atoms with Gasteiger partial charge in [-0.3, -0.25) is 10.1 Å². The fraction of sp³-hybridized carbons (Fsp3) is 0.667. The summed E-state index contributed by atoms with van der Waals surface area (Å²) in [6, 6.07) is 0. The van der Waals surface area contributed by atoms with Gasteiger partial charge in [-0.1, -0.05) is 20.8 Å². The molecule has 1 aromatic heterocycles. The topological polar surface area (TPSA) is 90.2 Å². The highest BCUT2D eigenvalue weighted by Gasteiger charge is 2.25. The fourth-order valence-electron chi connectivity index (χ4n) is 1.43. The predicted molar refractivity (Wildman–Crippen MR) is 72.5 cm³/mol. The Bertz CT molecular complexity index is 449. The van der Waals surface area contributed by atoms with E-state index in [0.717, 1.165) is 6.42 Å². The van der Waals surface area contributed by atoms with Crippen molar-refractivity contribution in [1.82, 2.24) is 9.97 Å². The van der Waals surface area contributed by atoms with Crippen LogP contribution in [0.15, 0.2) is 0 Å². The molecular weight excluding hydrogens is 248 g/mol. The number of nitro groups is 1. The maximum absolute atomic E-state index is 11.2. The number of aryl methyl sites for hydroxylation is 1. The van der Waals surface area contributed by atoms with Crippen LogP contribution >= 0.6 is 0 Å². The zero-order valence-electron chi connectivity index (χ0n) is 11.8. The van der Waals surface area contributed by atoms with Gasteiger partial charge in [0, 0.05) is 6.54 Å². The first-order valence-corrected chi connectivity index (χ1v) is 6.35. The largest absolute Gasteiger partial charge is 0.473 e. The van der Waals surface area contributed by atoms with E-state index in [9.17, 15) is 10.1 Å². The first-order valence-electron chi connectivity index (χ1n) is 6.35. The van der Waals surface area contributed by atoms with Crippen LogP contribution in [0, 0.1) is 23.0 Å². The summed E-state index contributed by atoms with van der Waals surface area (Å²) in [4.78, 5) is 18.8. The summed E-state index contributed by atoms with van der Waals surface area (Å²) in [5, 5.41) is 14.1. The molecule has 0 spiro atoms. The Balaban J connectivity index is 3.12. The summed E-state index contributed by atoms with van der Waals surface area (Å²) in [6.45, 7) is 8.63. The molecule has 0 saturated carbocycles. The molecule has 0 aliphatic heterocycles. The highest BCUT2D eigenvalue weighted by Crippen LogP contribution is 2.31. The van der Waals surface area contributed by atoms with E-state index in [0.29, 0.717) is 24.9 Å². The maximum atomic E-state index is 11.2.